The van der Waals surface area contributed by atoms with Gasteiger partial charge in [0.25, 0.3) is 11.2 Å². The Kier molecular flexibility index (Phi) is 3.01. The largest absolute Gasteiger partial charge is 0.317 e. The molecule has 8 heteroatoms. The number of non-ortho nitro benzene ring substituents is 1. The molecule has 1 aromatic carbocycles. The number of hydrogen-bond acceptors (Lipinski definition) is 4. The highest BCUT2D eigenvalue weighted by Gasteiger charge is 2.18. The minimum atomic E-state index is -0.615. The highest BCUT2D eigenvalue weighted by Crippen LogP contribution is 2.30. The Labute approximate surface area is 123 Å². The van der Waals surface area contributed by atoms with Gasteiger partial charge >= 0.3 is 0 Å². The second-order valence-electron chi connectivity index (χ2n) is 4.95. The van der Waals surface area contributed by atoms with Gasteiger partial charge in [-0.25, -0.2) is 4.39 Å². The highest BCUT2D eigenvalue weighted by molar-refractivity contribution is 5.93. The van der Waals surface area contributed by atoms with Crippen molar-refractivity contribution in [2.75, 3.05) is 0 Å². The SMILES string of the molecule is Cn1cc2c(=O)n(C)cc(-c3cc([N+](=O)[O-])ccc3F)c2n1. The molecule has 0 N–H and O–H groups in total. The third-order valence-electron chi connectivity index (χ3n) is 3.41. The molecule has 0 radical (unpaired) electrons. The third kappa shape index (κ3) is 2.05. The maximum Gasteiger partial charge on any atom is 0.270 e. The number of benzene rings is 1. The van der Waals surface area contributed by atoms with Gasteiger partial charge in [-0.2, -0.15) is 5.10 Å². The lowest BCUT2D eigenvalue weighted by Gasteiger charge is -2.07. The van der Waals surface area contributed by atoms with Crippen LogP contribution in [0.25, 0.3) is 22.0 Å². The standard InChI is InChI=1S/C14H11FN4O3/c1-17-6-10(13-11(14(17)20)7-18(2)16-13)9-5-8(19(21)22)3-4-12(9)15/h3-7H,1-2H3. The van der Waals surface area contributed by atoms with Gasteiger partial charge in [-0.3, -0.25) is 19.6 Å². The predicted octanol–water partition coefficient (Wildman–Crippen LogP) is 1.99. The Bertz CT molecular complexity index is 974. The van der Waals surface area contributed by atoms with Crippen LogP contribution in [0, 0.1) is 15.9 Å². The molecule has 7 nitrogen and oxygen atoms in total. The maximum absolute atomic E-state index is 14.1. The number of nitrogens with zero attached hydrogens (tertiary/aromatic N) is 4. The molecule has 3 rings (SSSR count). The van der Waals surface area contributed by atoms with Gasteiger partial charge < -0.3 is 4.57 Å². The summed E-state index contributed by atoms with van der Waals surface area (Å²) in [5, 5.41) is 15.4. The van der Waals surface area contributed by atoms with E-state index >= 15 is 0 Å². The molecule has 0 spiro atoms. The van der Waals surface area contributed by atoms with Gasteiger partial charge in [0.15, 0.2) is 0 Å². The number of fused-ring (bicyclic) bond motifs is 1. The van der Waals surface area contributed by atoms with Crippen LogP contribution in [0.4, 0.5) is 10.1 Å². The summed E-state index contributed by atoms with van der Waals surface area (Å²) < 4.78 is 16.9. The van der Waals surface area contributed by atoms with Crippen molar-refractivity contribution in [3.63, 3.8) is 0 Å². The summed E-state index contributed by atoms with van der Waals surface area (Å²) in [5.41, 5.74) is 0.185. The first-order valence-corrected chi connectivity index (χ1v) is 6.36. The minimum Gasteiger partial charge on any atom is -0.317 e. The zero-order valence-electron chi connectivity index (χ0n) is 11.8. The zero-order chi connectivity index (χ0) is 16.0. The molecule has 0 unspecified atom stereocenters. The molecule has 0 aliphatic rings. The molecule has 3 aromatic rings. The molecule has 22 heavy (non-hydrogen) atoms. The van der Waals surface area contributed by atoms with Crippen LogP contribution >= 0.6 is 0 Å². The Balaban J connectivity index is 2.40. The molecular formula is C14H11FN4O3. The van der Waals surface area contributed by atoms with Gasteiger partial charge in [-0.1, -0.05) is 0 Å². The van der Waals surface area contributed by atoms with Gasteiger partial charge in [0.1, 0.15) is 11.3 Å². The topological polar surface area (TPSA) is 83.0 Å². The molecule has 2 aromatic heterocycles. The number of aromatic nitrogens is 3. The van der Waals surface area contributed by atoms with E-state index in [0.29, 0.717) is 16.5 Å². The minimum absolute atomic E-state index is 0.0356. The summed E-state index contributed by atoms with van der Waals surface area (Å²) >= 11 is 0. The number of rotatable bonds is 2. The summed E-state index contributed by atoms with van der Waals surface area (Å²) in [5.74, 6) is -0.615. The third-order valence-corrected chi connectivity index (χ3v) is 3.41. The fraction of sp³-hybridized carbons (Fsp3) is 0.143. The van der Waals surface area contributed by atoms with Crippen LogP contribution in [-0.2, 0) is 14.1 Å². The van der Waals surface area contributed by atoms with Crippen molar-refractivity contribution >= 4 is 16.6 Å². The molecule has 112 valence electrons. The maximum atomic E-state index is 14.1. The van der Waals surface area contributed by atoms with E-state index in [9.17, 15) is 19.3 Å². The van der Waals surface area contributed by atoms with Crippen LogP contribution in [0.15, 0.2) is 35.4 Å². The Morgan fingerprint density at radius 2 is 1.95 bits per heavy atom. The van der Waals surface area contributed by atoms with Gasteiger partial charge in [0, 0.05) is 49.7 Å². The molecule has 0 saturated carbocycles. The monoisotopic (exact) mass is 302 g/mol. The number of aryl methyl sites for hydroxylation is 2. The Hall–Kier alpha value is -3.03. The van der Waals surface area contributed by atoms with E-state index in [2.05, 4.69) is 5.10 Å². The van der Waals surface area contributed by atoms with Crippen LogP contribution < -0.4 is 5.56 Å². The van der Waals surface area contributed by atoms with E-state index in [1.165, 1.54) is 28.7 Å². The van der Waals surface area contributed by atoms with Crippen molar-refractivity contribution in [1.29, 1.82) is 0 Å². The fourth-order valence-corrected chi connectivity index (χ4v) is 2.38. The van der Waals surface area contributed by atoms with E-state index in [1.807, 2.05) is 0 Å². The van der Waals surface area contributed by atoms with Crippen molar-refractivity contribution in [3.05, 3.63) is 56.9 Å². The molecule has 0 aliphatic heterocycles. The fourth-order valence-electron chi connectivity index (χ4n) is 2.38. The molecule has 2 heterocycles. The molecule has 0 amide bonds. The lowest BCUT2D eigenvalue weighted by atomic mass is 10.0. The smallest absolute Gasteiger partial charge is 0.270 e. The number of nitro groups is 1. The van der Waals surface area contributed by atoms with Crippen molar-refractivity contribution in [2.24, 2.45) is 14.1 Å². The van der Waals surface area contributed by atoms with Crippen LogP contribution in [0.2, 0.25) is 0 Å². The highest BCUT2D eigenvalue weighted by atomic mass is 19.1. The van der Waals surface area contributed by atoms with Crippen LogP contribution in [0.5, 0.6) is 0 Å². The molecule has 0 aliphatic carbocycles. The number of nitro benzene ring substituents is 1. The lowest BCUT2D eigenvalue weighted by molar-refractivity contribution is -0.384. The van der Waals surface area contributed by atoms with Gasteiger partial charge in [0.2, 0.25) is 0 Å². The van der Waals surface area contributed by atoms with Crippen molar-refractivity contribution in [1.82, 2.24) is 14.3 Å². The molecule has 0 atom stereocenters. The lowest BCUT2D eigenvalue weighted by Crippen LogP contribution is -2.16. The van der Waals surface area contributed by atoms with Crippen molar-refractivity contribution in [2.45, 2.75) is 0 Å². The first-order valence-electron chi connectivity index (χ1n) is 6.36. The average Bonchev–Trinajstić information content (AvgIpc) is 2.85. The van der Waals surface area contributed by atoms with Gasteiger partial charge in [0.05, 0.1) is 10.3 Å². The first kappa shape index (κ1) is 13.9. The van der Waals surface area contributed by atoms with Crippen LogP contribution in [0.1, 0.15) is 0 Å². The number of pyridine rings is 1. The number of halogens is 1. The van der Waals surface area contributed by atoms with Crippen molar-refractivity contribution in [3.8, 4) is 11.1 Å². The summed E-state index contributed by atoms with van der Waals surface area (Å²) in [6.07, 6.45) is 2.97. The first-order chi connectivity index (χ1) is 10.4. The predicted molar refractivity (Wildman–Crippen MR) is 78.0 cm³/mol. The summed E-state index contributed by atoms with van der Waals surface area (Å²) in [4.78, 5) is 22.4. The van der Waals surface area contributed by atoms with E-state index in [0.717, 1.165) is 18.2 Å². The molecule has 0 saturated heterocycles. The molecule has 0 fully saturated rings. The van der Waals surface area contributed by atoms with Crippen LogP contribution in [0.3, 0.4) is 0 Å². The summed E-state index contributed by atoms with van der Waals surface area (Å²) in [6.45, 7) is 0. The zero-order valence-corrected chi connectivity index (χ0v) is 11.8. The van der Waals surface area contributed by atoms with Crippen molar-refractivity contribution < 1.29 is 9.31 Å². The normalized spacial score (nSPS) is 11.0. The van der Waals surface area contributed by atoms with Gasteiger partial charge in [-0.15, -0.1) is 0 Å². The Morgan fingerprint density at radius 1 is 1.23 bits per heavy atom. The number of hydrogen-bond donors (Lipinski definition) is 0. The van der Waals surface area contributed by atoms with E-state index < -0.39 is 10.7 Å². The van der Waals surface area contributed by atoms with Crippen LogP contribution in [-0.4, -0.2) is 19.3 Å². The van der Waals surface area contributed by atoms with E-state index in [-0.39, 0.29) is 16.8 Å². The summed E-state index contributed by atoms with van der Waals surface area (Å²) in [7, 11) is 3.18. The second kappa shape index (κ2) is 4.76. The molecule has 0 bridgehead atoms. The molecular weight excluding hydrogens is 291 g/mol. The Morgan fingerprint density at radius 3 is 2.64 bits per heavy atom. The van der Waals surface area contributed by atoms with Gasteiger partial charge in [-0.05, 0) is 6.07 Å². The average molecular weight is 302 g/mol. The van der Waals surface area contributed by atoms with E-state index in [4.69, 9.17) is 0 Å². The van der Waals surface area contributed by atoms with E-state index in [1.54, 1.807) is 7.05 Å². The quantitative estimate of drug-likeness (QED) is 0.535. The second-order valence-corrected chi connectivity index (χ2v) is 4.95. The summed E-state index contributed by atoms with van der Waals surface area (Å²) in [6, 6.07) is 3.27.